The molecule has 0 radical (unpaired) electrons. The van der Waals surface area contributed by atoms with Gasteiger partial charge in [-0.2, -0.15) is 0 Å². The van der Waals surface area contributed by atoms with Crippen molar-refractivity contribution in [3.63, 3.8) is 0 Å². The Morgan fingerprint density at radius 1 is 1.46 bits per heavy atom. The van der Waals surface area contributed by atoms with Crippen LogP contribution in [0.5, 0.6) is 0 Å². The zero-order valence-corrected chi connectivity index (χ0v) is 13.3. The number of carbonyl (C=O) groups is 1. The number of benzene rings is 1. The number of nitro groups is 1. The van der Waals surface area contributed by atoms with Crippen LogP contribution in [0.2, 0.25) is 0 Å². The van der Waals surface area contributed by atoms with Gasteiger partial charge in [-0.05, 0) is 25.3 Å². The summed E-state index contributed by atoms with van der Waals surface area (Å²) < 4.78 is 19.5. The van der Waals surface area contributed by atoms with Gasteiger partial charge in [0.25, 0.3) is 5.69 Å². The smallest absolute Gasteiger partial charge is 0.271 e. The molecule has 1 saturated carbocycles. The number of halogens is 1. The minimum absolute atomic E-state index is 0.0269. The first-order valence-electron chi connectivity index (χ1n) is 8.08. The van der Waals surface area contributed by atoms with Gasteiger partial charge in [-0.3, -0.25) is 19.8 Å². The molecule has 1 aliphatic carbocycles. The molecule has 0 aromatic heterocycles. The van der Waals surface area contributed by atoms with Crippen molar-refractivity contribution in [3.05, 3.63) is 34.1 Å². The van der Waals surface area contributed by atoms with Crippen LogP contribution < -0.4 is 5.32 Å². The summed E-state index contributed by atoms with van der Waals surface area (Å²) in [4.78, 5) is 24.3. The molecule has 2 fully saturated rings. The number of anilines is 1. The molecular weight excluding hydrogens is 317 g/mol. The Kier molecular flexibility index (Phi) is 4.77. The van der Waals surface area contributed by atoms with Crippen molar-refractivity contribution in [1.82, 2.24) is 4.90 Å². The van der Waals surface area contributed by atoms with Crippen molar-refractivity contribution in [2.45, 2.75) is 31.3 Å². The summed E-state index contributed by atoms with van der Waals surface area (Å²) in [5, 5.41) is 13.1. The highest BCUT2D eigenvalue weighted by Crippen LogP contribution is 2.38. The third kappa shape index (κ3) is 3.70. The third-order valence-electron chi connectivity index (χ3n) is 4.68. The van der Waals surface area contributed by atoms with E-state index >= 15 is 0 Å². The van der Waals surface area contributed by atoms with E-state index < -0.39 is 10.7 Å². The van der Waals surface area contributed by atoms with Gasteiger partial charge in [0, 0.05) is 38.2 Å². The van der Waals surface area contributed by atoms with E-state index in [4.69, 9.17) is 4.74 Å². The van der Waals surface area contributed by atoms with Crippen LogP contribution in [0.15, 0.2) is 18.2 Å². The number of ether oxygens (including phenoxy) is 1. The summed E-state index contributed by atoms with van der Waals surface area (Å²) >= 11 is 0. The van der Waals surface area contributed by atoms with Crippen molar-refractivity contribution in [3.8, 4) is 0 Å². The first kappa shape index (κ1) is 16.8. The Hall–Kier alpha value is -2.06. The van der Waals surface area contributed by atoms with Gasteiger partial charge in [-0.1, -0.05) is 0 Å². The molecule has 0 bridgehead atoms. The van der Waals surface area contributed by atoms with Gasteiger partial charge >= 0.3 is 0 Å². The number of nitro benzene ring substituents is 1. The Labute approximate surface area is 138 Å². The summed E-state index contributed by atoms with van der Waals surface area (Å²) in [7, 11) is 0. The van der Waals surface area contributed by atoms with Crippen LogP contribution in [0.3, 0.4) is 0 Å². The van der Waals surface area contributed by atoms with E-state index in [-0.39, 0.29) is 29.3 Å². The van der Waals surface area contributed by atoms with Gasteiger partial charge in [0.15, 0.2) is 0 Å². The van der Waals surface area contributed by atoms with E-state index in [0.717, 1.165) is 44.1 Å². The number of nitrogens with one attached hydrogen (secondary N) is 1. The molecule has 1 aromatic carbocycles. The molecular formula is C16H20FN3O4. The van der Waals surface area contributed by atoms with Crippen LogP contribution >= 0.6 is 0 Å². The quantitative estimate of drug-likeness (QED) is 0.658. The fourth-order valence-corrected chi connectivity index (χ4v) is 3.18. The first-order chi connectivity index (χ1) is 11.5. The topological polar surface area (TPSA) is 84.7 Å². The van der Waals surface area contributed by atoms with Gasteiger partial charge < -0.3 is 10.1 Å². The van der Waals surface area contributed by atoms with Gasteiger partial charge in [0.1, 0.15) is 5.82 Å². The molecule has 8 heteroatoms. The zero-order chi connectivity index (χ0) is 17.2. The molecule has 1 N–H and O–H groups in total. The lowest BCUT2D eigenvalue weighted by molar-refractivity contribution is -0.384. The molecule has 1 saturated heterocycles. The normalized spacial score (nSPS) is 19.7. The largest absolute Gasteiger partial charge is 0.372 e. The van der Waals surface area contributed by atoms with Crippen LogP contribution in [-0.4, -0.2) is 47.6 Å². The lowest BCUT2D eigenvalue weighted by Gasteiger charge is -2.48. The van der Waals surface area contributed by atoms with Crippen molar-refractivity contribution >= 4 is 17.3 Å². The number of non-ortho nitro benzene ring substituents is 1. The van der Waals surface area contributed by atoms with Crippen LogP contribution in [0.4, 0.5) is 15.8 Å². The highest BCUT2D eigenvalue weighted by molar-refractivity contribution is 5.91. The van der Waals surface area contributed by atoms with E-state index in [1.165, 1.54) is 6.42 Å². The van der Waals surface area contributed by atoms with Crippen LogP contribution in [0.25, 0.3) is 0 Å². The molecule has 2 aliphatic rings. The zero-order valence-electron chi connectivity index (χ0n) is 13.3. The first-order valence-corrected chi connectivity index (χ1v) is 8.08. The number of nitrogens with zero attached hydrogens (tertiary/aromatic N) is 2. The lowest BCUT2D eigenvalue weighted by Crippen LogP contribution is -2.55. The standard InChI is InChI=1S/C16H20FN3O4/c17-13-3-2-12(20(22)23)10-14(13)18-15(21)4-7-19-8-9-24-16(11-19)5-1-6-16/h2-3,10H,1,4-9,11H2,(H,18,21). The Balaban J connectivity index is 1.52. The Bertz CT molecular complexity index is 648. The van der Waals surface area contributed by atoms with Crippen molar-refractivity contribution < 1.29 is 18.8 Å². The fourth-order valence-electron chi connectivity index (χ4n) is 3.18. The van der Waals surface area contributed by atoms with E-state index in [1.54, 1.807) is 0 Å². The maximum Gasteiger partial charge on any atom is 0.271 e. The molecule has 0 unspecified atom stereocenters. The third-order valence-corrected chi connectivity index (χ3v) is 4.68. The van der Waals surface area contributed by atoms with Crippen molar-refractivity contribution in [1.29, 1.82) is 0 Å². The number of rotatable bonds is 5. The summed E-state index contributed by atoms with van der Waals surface area (Å²) in [6.45, 7) is 2.83. The molecule has 130 valence electrons. The molecule has 1 heterocycles. The van der Waals surface area contributed by atoms with E-state index in [0.29, 0.717) is 13.2 Å². The summed E-state index contributed by atoms with van der Waals surface area (Å²) in [5.41, 5.74) is -0.445. The minimum Gasteiger partial charge on any atom is -0.372 e. The summed E-state index contributed by atoms with van der Waals surface area (Å²) in [5.74, 6) is -1.04. The number of carbonyl (C=O) groups excluding carboxylic acids is 1. The predicted molar refractivity (Wildman–Crippen MR) is 85.3 cm³/mol. The summed E-state index contributed by atoms with van der Waals surface area (Å²) in [6.07, 6.45) is 3.52. The molecule has 1 amide bonds. The fraction of sp³-hybridized carbons (Fsp3) is 0.562. The maximum absolute atomic E-state index is 13.7. The van der Waals surface area contributed by atoms with E-state index in [2.05, 4.69) is 10.2 Å². The van der Waals surface area contributed by atoms with E-state index in [9.17, 15) is 19.3 Å². The van der Waals surface area contributed by atoms with Gasteiger partial charge in [-0.15, -0.1) is 0 Å². The van der Waals surface area contributed by atoms with Crippen LogP contribution in [-0.2, 0) is 9.53 Å². The second-order valence-electron chi connectivity index (χ2n) is 6.38. The summed E-state index contributed by atoms with van der Waals surface area (Å²) in [6, 6.07) is 3.08. The molecule has 0 atom stereocenters. The maximum atomic E-state index is 13.7. The van der Waals surface area contributed by atoms with Gasteiger partial charge in [0.05, 0.1) is 22.8 Å². The van der Waals surface area contributed by atoms with Crippen molar-refractivity contribution in [2.75, 3.05) is 31.6 Å². The second kappa shape index (κ2) is 6.82. The number of hydrogen-bond donors (Lipinski definition) is 1. The molecule has 7 nitrogen and oxygen atoms in total. The Morgan fingerprint density at radius 3 is 2.92 bits per heavy atom. The molecule has 24 heavy (non-hydrogen) atoms. The molecule has 1 spiro atoms. The highest BCUT2D eigenvalue weighted by Gasteiger charge is 2.41. The van der Waals surface area contributed by atoms with Crippen LogP contribution in [0.1, 0.15) is 25.7 Å². The second-order valence-corrected chi connectivity index (χ2v) is 6.38. The predicted octanol–water partition coefficient (Wildman–Crippen LogP) is 2.32. The molecule has 1 aliphatic heterocycles. The minimum atomic E-state index is -0.686. The van der Waals surface area contributed by atoms with Crippen molar-refractivity contribution in [2.24, 2.45) is 0 Å². The lowest BCUT2D eigenvalue weighted by atomic mass is 9.79. The average molecular weight is 337 g/mol. The van der Waals surface area contributed by atoms with Gasteiger partial charge in [0.2, 0.25) is 5.91 Å². The Morgan fingerprint density at radius 2 is 2.25 bits per heavy atom. The number of morpholine rings is 1. The average Bonchev–Trinajstić information content (AvgIpc) is 2.53. The van der Waals surface area contributed by atoms with E-state index in [1.807, 2.05) is 0 Å². The SMILES string of the molecule is O=C(CCN1CCOC2(CCC2)C1)Nc1cc([N+](=O)[O-])ccc1F. The monoisotopic (exact) mass is 337 g/mol. The number of amides is 1. The molecule has 3 rings (SSSR count). The van der Waals surface area contributed by atoms with Gasteiger partial charge in [-0.25, -0.2) is 4.39 Å². The molecule has 1 aromatic rings. The number of hydrogen-bond acceptors (Lipinski definition) is 5. The highest BCUT2D eigenvalue weighted by atomic mass is 19.1. The van der Waals surface area contributed by atoms with Crippen LogP contribution in [0, 0.1) is 15.9 Å².